The number of fused-ring (bicyclic) bond motifs is 2. The molecule has 0 aromatic carbocycles. The molecular weight excluding hydrogens is 218 g/mol. The van der Waals surface area contributed by atoms with Crippen molar-refractivity contribution in [1.29, 1.82) is 0 Å². The Kier molecular flexibility index (Phi) is 2.58. The van der Waals surface area contributed by atoms with Gasteiger partial charge in [-0.2, -0.15) is 0 Å². The molecular formula is C13H17NOS. The molecule has 0 radical (unpaired) electrons. The summed E-state index contributed by atoms with van der Waals surface area (Å²) >= 11 is 1.76. The van der Waals surface area contributed by atoms with Gasteiger partial charge in [-0.1, -0.05) is 24.3 Å². The maximum Gasteiger partial charge on any atom is 0.232 e. The highest BCUT2D eigenvalue weighted by Crippen LogP contribution is 2.46. The maximum absolute atomic E-state index is 11.7. The van der Waals surface area contributed by atoms with E-state index in [2.05, 4.69) is 24.3 Å². The summed E-state index contributed by atoms with van der Waals surface area (Å²) in [4.78, 5) is 11.7. The normalized spacial score (nSPS) is 41.8. The van der Waals surface area contributed by atoms with E-state index in [1.54, 1.807) is 11.9 Å². The Labute approximate surface area is 101 Å². The first-order valence-corrected chi connectivity index (χ1v) is 6.86. The molecule has 2 fully saturated rings. The number of rotatable bonds is 0. The second kappa shape index (κ2) is 3.95. The highest BCUT2D eigenvalue weighted by Gasteiger charge is 2.41. The molecule has 3 heteroatoms. The predicted octanol–water partition coefficient (Wildman–Crippen LogP) is 2.63. The Morgan fingerprint density at radius 1 is 1.25 bits per heavy atom. The lowest BCUT2D eigenvalue weighted by Gasteiger charge is -2.44. The van der Waals surface area contributed by atoms with Crippen LogP contribution < -0.4 is 0 Å². The van der Waals surface area contributed by atoms with Crippen LogP contribution in [-0.2, 0) is 4.79 Å². The van der Waals surface area contributed by atoms with E-state index in [1.807, 2.05) is 11.4 Å². The molecule has 4 atom stereocenters. The minimum atomic E-state index is 0.306. The fourth-order valence-corrected chi connectivity index (χ4v) is 4.41. The van der Waals surface area contributed by atoms with Gasteiger partial charge in [0.05, 0.1) is 0 Å². The molecule has 0 aromatic heterocycles. The lowest BCUT2D eigenvalue weighted by molar-refractivity contribution is -0.127. The van der Waals surface area contributed by atoms with Gasteiger partial charge in [-0.25, -0.2) is 0 Å². The third-order valence-electron chi connectivity index (χ3n) is 4.06. The first-order chi connectivity index (χ1) is 7.74. The fraction of sp³-hybridized carbons (Fsp3) is 0.615. The molecule has 1 amide bonds. The number of hydrogen-bond acceptors (Lipinski definition) is 2. The molecule has 0 spiro atoms. The summed E-state index contributed by atoms with van der Waals surface area (Å²) in [5.41, 5.74) is 0. The smallest absolute Gasteiger partial charge is 0.232 e. The van der Waals surface area contributed by atoms with E-state index in [9.17, 15) is 4.79 Å². The van der Waals surface area contributed by atoms with Crippen LogP contribution in [0, 0.1) is 17.8 Å². The van der Waals surface area contributed by atoms with E-state index in [0.717, 1.165) is 6.42 Å². The van der Waals surface area contributed by atoms with Crippen molar-refractivity contribution in [2.45, 2.75) is 24.5 Å². The van der Waals surface area contributed by atoms with E-state index in [0.29, 0.717) is 28.9 Å². The minimum absolute atomic E-state index is 0.306. The molecule has 86 valence electrons. The van der Waals surface area contributed by atoms with Crippen molar-refractivity contribution in [2.24, 2.45) is 17.8 Å². The fourth-order valence-electron chi connectivity index (χ4n) is 3.13. The first-order valence-electron chi connectivity index (χ1n) is 6.02. The van der Waals surface area contributed by atoms with Crippen molar-refractivity contribution >= 4 is 17.9 Å². The molecule has 3 aliphatic rings. The molecule has 2 aliphatic carbocycles. The van der Waals surface area contributed by atoms with E-state index in [4.69, 9.17) is 0 Å². The maximum atomic E-state index is 11.7. The monoisotopic (exact) mass is 235 g/mol. The van der Waals surface area contributed by atoms with Gasteiger partial charge in [-0.05, 0) is 42.5 Å². The van der Waals surface area contributed by atoms with Gasteiger partial charge in [0, 0.05) is 18.7 Å². The van der Waals surface area contributed by atoms with Crippen molar-refractivity contribution in [3.8, 4) is 0 Å². The second-order valence-electron chi connectivity index (χ2n) is 5.07. The Morgan fingerprint density at radius 3 is 2.69 bits per heavy atom. The zero-order valence-electron chi connectivity index (χ0n) is 9.50. The van der Waals surface area contributed by atoms with Crippen LogP contribution >= 0.6 is 11.9 Å². The quantitative estimate of drug-likeness (QED) is 0.602. The lowest BCUT2D eigenvalue weighted by Crippen LogP contribution is -2.42. The van der Waals surface area contributed by atoms with Crippen molar-refractivity contribution in [1.82, 2.24) is 4.31 Å². The number of nitrogens with zero attached hydrogens (tertiary/aromatic N) is 1. The summed E-state index contributed by atoms with van der Waals surface area (Å²) in [5.74, 6) is 2.30. The van der Waals surface area contributed by atoms with Gasteiger partial charge >= 0.3 is 0 Å². The van der Waals surface area contributed by atoms with Gasteiger partial charge in [0.15, 0.2) is 0 Å². The lowest BCUT2D eigenvalue weighted by atomic mass is 9.71. The molecule has 1 saturated heterocycles. The molecule has 3 rings (SSSR count). The Balaban J connectivity index is 1.77. The summed E-state index contributed by atoms with van der Waals surface area (Å²) in [5, 5.41) is 0.653. The van der Waals surface area contributed by atoms with Crippen LogP contribution in [0.3, 0.4) is 0 Å². The molecule has 0 N–H and O–H groups in total. The molecule has 0 aromatic rings. The third-order valence-corrected chi connectivity index (χ3v) is 5.43. The van der Waals surface area contributed by atoms with Crippen LogP contribution in [0.15, 0.2) is 24.3 Å². The van der Waals surface area contributed by atoms with Gasteiger partial charge in [-0.15, -0.1) is 0 Å². The zero-order chi connectivity index (χ0) is 11.1. The Hall–Kier alpha value is -0.700. The summed E-state index contributed by atoms with van der Waals surface area (Å²) < 4.78 is 1.84. The van der Waals surface area contributed by atoms with E-state index in [1.165, 1.54) is 12.8 Å². The number of amides is 1. The molecule has 1 heterocycles. The molecule has 1 aliphatic heterocycles. The van der Waals surface area contributed by atoms with Crippen molar-refractivity contribution in [2.75, 3.05) is 7.05 Å². The van der Waals surface area contributed by atoms with Gasteiger partial charge in [0.1, 0.15) is 0 Å². The van der Waals surface area contributed by atoms with E-state index < -0.39 is 0 Å². The van der Waals surface area contributed by atoms with Gasteiger partial charge < -0.3 is 0 Å². The second-order valence-corrected chi connectivity index (χ2v) is 6.43. The Bertz CT molecular complexity index is 363. The largest absolute Gasteiger partial charge is 0.289 e. The number of carbonyl (C=O) groups excluding carboxylic acids is 1. The molecule has 4 unspecified atom stereocenters. The van der Waals surface area contributed by atoms with Gasteiger partial charge in [0.2, 0.25) is 5.91 Å². The number of allylic oxidation sites excluding steroid dienone is 4. The highest BCUT2D eigenvalue weighted by atomic mass is 32.2. The zero-order valence-corrected chi connectivity index (χ0v) is 10.3. The number of hydrogen-bond donors (Lipinski definition) is 0. The van der Waals surface area contributed by atoms with E-state index >= 15 is 0 Å². The minimum Gasteiger partial charge on any atom is -0.289 e. The van der Waals surface area contributed by atoms with E-state index in [-0.39, 0.29) is 0 Å². The van der Waals surface area contributed by atoms with Gasteiger partial charge in [0.25, 0.3) is 0 Å². The van der Waals surface area contributed by atoms with Crippen molar-refractivity contribution in [3.05, 3.63) is 24.3 Å². The van der Waals surface area contributed by atoms with Crippen LogP contribution in [0.4, 0.5) is 0 Å². The third kappa shape index (κ3) is 1.71. The SMILES string of the molecule is CN1SC2CC3C=CC=CC3CC2CC1=O. The van der Waals surface area contributed by atoms with Crippen molar-refractivity contribution in [3.63, 3.8) is 0 Å². The summed E-state index contributed by atoms with van der Waals surface area (Å²) in [6.07, 6.45) is 12.2. The van der Waals surface area contributed by atoms with Crippen LogP contribution in [-0.4, -0.2) is 22.5 Å². The average molecular weight is 235 g/mol. The van der Waals surface area contributed by atoms with Crippen LogP contribution in [0.25, 0.3) is 0 Å². The topological polar surface area (TPSA) is 20.3 Å². The summed E-state index contributed by atoms with van der Waals surface area (Å²) in [7, 11) is 1.91. The van der Waals surface area contributed by atoms with Crippen LogP contribution in [0.1, 0.15) is 19.3 Å². The molecule has 16 heavy (non-hydrogen) atoms. The predicted molar refractivity (Wildman–Crippen MR) is 66.8 cm³/mol. The molecule has 1 saturated carbocycles. The van der Waals surface area contributed by atoms with Crippen LogP contribution in [0.5, 0.6) is 0 Å². The number of carbonyl (C=O) groups is 1. The molecule has 0 bridgehead atoms. The standard InChI is InChI=1S/C13H17NOS/c1-14-13(15)8-11-6-9-4-2-3-5-10(9)7-12(11)16-14/h2-5,9-12H,6-8H2,1H3. The Morgan fingerprint density at radius 2 is 1.94 bits per heavy atom. The first kappa shape index (κ1) is 10.5. The van der Waals surface area contributed by atoms with Crippen molar-refractivity contribution < 1.29 is 4.79 Å². The van der Waals surface area contributed by atoms with Crippen LogP contribution in [0.2, 0.25) is 0 Å². The summed E-state index contributed by atoms with van der Waals surface area (Å²) in [6, 6.07) is 0. The summed E-state index contributed by atoms with van der Waals surface area (Å²) in [6.45, 7) is 0. The van der Waals surface area contributed by atoms with Gasteiger partial charge in [-0.3, -0.25) is 9.10 Å². The molecule has 2 nitrogen and oxygen atoms in total. The average Bonchev–Trinajstić information content (AvgIpc) is 2.28. The highest BCUT2D eigenvalue weighted by molar-refractivity contribution is 7.98.